The predicted molar refractivity (Wildman–Crippen MR) is 99.9 cm³/mol. The van der Waals surface area contributed by atoms with Crippen LogP contribution in [-0.4, -0.2) is 16.0 Å². The Kier molecular flexibility index (Phi) is 3.50. The molecule has 6 heteroatoms. The van der Waals surface area contributed by atoms with E-state index in [1.807, 2.05) is 18.2 Å². The average molecular weight is 364 g/mol. The fourth-order valence-electron chi connectivity index (χ4n) is 5.75. The fraction of sp³-hybridized carbons (Fsp3) is 0.381. The van der Waals surface area contributed by atoms with Crippen molar-refractivity contribution in [1.29, 1.82) is 0 Å². The highest BCUT2D eigenvalue weighted by Crippen LogP contribution is 2.63. The second-order valence-corrected chi connectivity index (χ2v) is 8.01. The van der Waals surface area contributed by atoms with Crippen molar-refractivity contribution < 1.29 is 14.8 Å². The zero-order valence-electron chi connectivity index (χ0n) is 14.7. The quantitative estimate of drug-likeness (QED) is 0.614. The molecule has 2 fully saturated rings. The summed E-state index contributed by atoms with van der Waals surface area (Å²) in [6.07, 6.45) is 3.59. The van der Waals surface area contributed by atoms with Gasteiger partial charge in [0.15, 0.2) is 0 Å². The summed E-state index contributed by atoms with van der Waals surface area (Å²) in [5.41, 5.74) is 3.59. The second kappa shape index (κ2) is 5.81. The van der Waals surface area contributed by atoms with Crippen molar-refractivity contribution in [3.63, 3.8) is 0 Å². The van der Waals surface area contributed by atoms with Crippen LogP contribution in [0.4, 0.5) is 11.4 Å². The summed E-state index contributed by atoms with van der Waals surface area (Å²) in [6.45, 7) is 0. The number of rotatable bonds is 3. The molecule has 138 valence electrons. The van der Waals surface area contributed by atoms with Gasteiger partial charge in [-0.25, -0.2) is 4.79 Å². The molecule has 0 saturated heterocycles. The number of benzene rings is 2. The molecule has 2 aromatic rings. The molecule has 5 atom stereocenters. The van der Waals surface area contributed by atoms with Gasteiger partial charge in [0.25, 0.3) is 5.69 Å². The third-order valence-corrected chi connectivity index (χ3v) is 6.80. The number of aromatic carboxylic acids is 1. The maximum atomic E-state index is 11.2. The Morgan fingerprint density at radius 3 is 2.56 bits per heavy atom. The first-order chi connectivity index (χ1) is 13.0. The number of carbonyl (C=O) groups is 1. The van der Waals surface area contributed by atoms with Crippen LogP contribution < -0.4 is 5.32 Å². The predicted octanol–water partition coefficient (Wildman–Crippen LogP) is 4.59. The molecule has 2 aromatic carbocycles. The standard InChI is InChI=1S/C21H20N2O4/c24-21(25)12-3-1-11(2-4-12)20-19-14-6-5-13(9-14)18(19)16-10-15(23(26)27)7-8-17(16)22-20/h1-4,7-8,10,13-14,18-20,22H,5-6,9H2,(H,24,25)/t13-,14-,18-,19+,20-/m0/s1. The van der Waals surface area contributed by atoms with Crippen molar-refractivity contribution in [1.82, 2.24) is 0 Å². The Hall–Kier alpha value is -2.89. The molecule has 0 aromatic heterocycles. The van der Waals surface area contributed by atoms with Gasteiger partial charge in [0.1, 0.15) is 0 Å². The minimum atomic E-state index is -0.923. The Morgan fingerprint density at radius 1 is 1.11 bits per heavy atom. The molecular formula is C21H20N2O4. The lowest BCUT2D eigenvalue weighted by Gasteiger charge is -2.43. The van der Waals surface area contributed by atoms with Crippen LogP contribution in [0, 0.1) is 27.9 Å². The fourth-order valence-corrected chi connectivity index (χ4v) is 5.75. The monoisotopic (exact) mass is 364 g/mol. The zero-order chi connectivity index (χ0) is 18.7. The molecule has 0 radical (unpaired) electrons. The van der Waals surface area contributed by atoms with E-state index in [0.717, 1.165) is 16.8 Å². The number of non-ortho nitro benzene ring substituents is 1. The number of carboxylic acid groups (broad SMARTS) is 1. The van der Waals surface area contributed by atoms with E-state index in [1.54, 1.807) is 24.3 Å². The van der Waals surface area contributed by atoms with Crippen molar-refractivity contribution in [2.45, 2.75) is 31.2 Å². The molecule has 27 heavy (non-hydrogen) atoms. The van der Waals surface area contributed by atoms with Crippen LogP contribution in [0.15, 0.2) is 42.5 Å². The summed E-state index contributed by atoms with van der Waals surface area (Å²) in [7, 11) is 0. The summed E-state index contributed by atoms with van der Waals surface area (Å²) in [4.78, 5) is 22.1. The van der Waals surface area contributed by atoms with Gasteiger partial charge in [-0.3, -0.25) is 10.1 Å². The molecule has 3 aliphatic rings. The zero-order valence-corrected chi connectivity index (χ0v) is 14.7. The smallest absolute Gasteiger partial charge is 0.335 e. The number of hydrogen-bond acceptors (Lipinski definition) is 4. The van der Waals surface area contributed by atoms with Crippen molar-refractivity contribution >= 4 is 17.3 Å². The summed E-state index contributed by atoms with van der Waals surface area (Å²) in [5.74, 6) is 1.01. The van der Waals surface area contributed by atoms with E-state index in [0.29, 0.717) is 23.7 Å². The van der Waals surface area contributed by atoms with Gasteiger partial charge < -0.3 is 10.4 Å². The first-order valence-electron chi connectivity index (χ1n) is 9.41. The third-order valence-electron chi connectivity index (χ3n) is 6.80. The van der Waals surface area contributed by atoms with Crippen molar-refractivity contribution in [2.24, 2.45) is 17.8 Å². The van der Waals surface area contributed by atoms with Crippen molar-refractivity contribution in [3.05, 3.63) is 69.3 Å². The maximum absolute atomic E-state index is 11.2. The van der Waals surface area contributed by atoms with Crippen LogP contribution >= 0.6 is 0 Å². The van der Waals surface area contributed by atoms with Crippen LogP contribution in [0.25, 0.3) is 0 Å². The number of nitro groups is 1. The van der Waals surface area contributed by atoms with E-state index in [9.17, 15) is 14.9 Å². The molecule has 2 bridgehead atoms. The van der Waals surface area contributed by atoms with Crippen LogP contribution in [-0.2, 0) is 0 Å². The summed E-state index contributed by atoms with van der Waals surface area (Å²) in [5, 5.41) is 24.0. The highest BCUT2D eigenvalue weighted by molar-refractivity contribution is 5.87. The number of carboxylic acids is 1. The molecule has 5 rings (SSSR count). The molecular weight excluding hydrogens is 344 g/mol. The number of nitrogens with one attached hydrogen (secondary N) is 1. The summed E-state index contributed by atoms with van der Waals surface area (Å²) in [6, 6.07) is 12.4. The molecule has 2 saturated carbocycles. The molecule has 6 nitrogen and oxygen atoms in total. The van der Waals surface area contributed by atoms with Crippen molar-refractivity contribution in [3.8, 4) is 0 Å². The SMILES string of the molecule is O=C(O)c1ccc([C@@H]2Nc3ccc([N+](=O)[O-])cc3[C@@H]3[C@H]4CC[C@@H](C4)[C@H]32)cc1. The highest BCUT2D eigenvalue weighted by Gasteiger charge is 2.54. The van der Waals surface area contributed by atoms with E-state index in [1.165, 1.54) is 19.3 Å². The van der Waals surface area contributed by atoms with Gasteiger partial charge in [-0.2, -0.15) is 0 Å². The molecule has 0 amide bonds. The first-order valence-corrected chi connectivity index (χ1v) is 9.41. The number of nitrogens with zero attached hydrogens (tertiary/aromatic N) is 1. The Bertz CT molecular complexity index is 940. The Labute approximate surface area is 156 Å². The van der Waals surface area contributed by atoms with Crippen LogP contribution in [0.2, 0.25) is 0 Å². The van der Waals surface area contributed by atoms with E-state index in [2.05, 4.69) is 5.32 Å². The Morgan fingerprint density at radius 2 is 1.85 bits per heavy atom. The van der Waals surface area contributed by atoms with Crippen LogP contribution in [0.1, 0.15) is 52.7 Å². The first kappa shape index (κ1) is 16.3. The molecule has 0 unspecified atom stereocenters. The highest BCUT2D eigenvalue weighted by atomic mass is 16.6. The molecule has 1 aliphatic heterocycles. The van der Waals surface area contributed by atoms with Gasteiger partial charge in [0.05, 0.1) is 16.5 Å². The maximum Gasteiger partial charge on any atom is 0.335 e. The molecule has 2 N–H and O–H groups in total. The van der Waals surface area contributed by atoms with Gasteiger partial charge in [-0.1, -0.05) is 12.1 Å². The number of hydrogen-bond donors (Lipinski definition) is 2. The lowest BCUT2D eigenvalue weighted by atomic mass is 9.68. The summed E-state index contributed by atoms with van der Waals surface area (Å²) >= 11 is 0. The summed E-state index contributed by atoms with van der Waals surface area (Å²) < 4.78 is 0. The third kappa shape index (κ3) is 2.43. The van der Waals surface area contributed by atoms with E-state index in [-0.39, 0.29) is 22.2 Å². The van der Waals surface area contributed by atoms with Gasteiger partial charge in [0, 0.05) is 17.8 Å². The van der Waals surface area contributed by atoms with E-state index >= 15 is 0 Å². The number of fused-ring (bicyclic) bond motifs is 7. The minimum absolute atomic E-state index is 0.113. The van der Waals surface area contributed by atoms with Crippen molar-refractivity contribution in [2.75, 3.05) is 5.32 Å². The van der Waals surface area contributed by atoms with Gasteiger partial charge in [0.2, 0.25) is 0 Å². The largest absolute Gasteiger partial charge is 0.478 e. The van der Waals surface area contributed by atoms with E-state index in [4.69, 9.17) is 5.11 Å². The van der Waals surface area contributed by atoms with Crippen LogP contribution in [0.5, 0.6) is 0 Å². The van der Waals surface area contributed by atoms with Gasteiger partial charge in [-0.05, 0) is 72.3 Å². The average Bonchev–Trinajstić information content (AvgIpc) is 3.29. The van der Waals surface area contributed by atoms with Crippen LogP contribution in [0.3, 0.4) is 0 Å². The lowest BCUT2D eigenvalue weighted by Crippen LogP contribution is -2.35. The molecule has 2 aliphatic carbocycles. The van der Waals surface area contributed by atoms with Gasteiger partial charge in [-0.15, -0.1) is 0 Å². The molecule has 0 spiro atoms. The van der Waals surface area contributed by atoms with Gasteiger partial charge >= 0.3 is 5.97 Å². The molecule has 1 heterocycles. The van der Waals surface area contributed by atoms with E-state index < -0.39 is 5.97 Å². The number of nitro benzene ring substituents is 1. The normalized spacial score (nSPS) is 30.3. The second-order valence-electron chi connectivity index (χ2n) is 8.01. The number of anilines is 1. The minimum Gasteiger partial charge on any atom is -0.478 e. The Balaban J connectivity index is 1.58. The lowest BCUT2D eigenvalue weighted by molar-refractivity contribution is -0.384. The topological polar surface area (TPSA) is 92.5 Å².